The molecule has 0 radical (unpaired) electrons. The number of ether oxygens (including phenoxy) is 9. The van der Waals surface area contributed by atoms with E-state index in [1.165, 1.54) is 136 Å². The maximum Gasteiger partial charge on any atom is 0.302 e. The van der Waals surface area contributed by atoms with Gasteiger partial charge in [0, 0.05) is 100 Å². The molecule has 0 aliphatic heterocycles. The van der Waals surface area contributed by atoms with Crippen molar-refractivity contribution in [1.82, 2.24) is 21.3 Å². The average Bonchev–Trinajstić information content (AvgIpc) is 0.818. The number of esters is 3. The van der Waals surface area contributed by atoms with E-state index < -0.39 is 5.54 Å². The van der Waals surface area contributed by atoms with E-state index in [-0.39, 0.29) is 171 Å². The van der Waals surface area contributed by atoms with Gasteiger partial charge in [0.15, 0.2) is 0 Å². The molecule has 3 saturated carbocycles. The fourth-order valence-corrected chi connectivity index (χ4v) is 17.1. The van der Waals surface area contributed by atoms with Crippen LogP contribution in [0.25, 0.3) is 0 Å². The molecule has 0 aromatic heterocycles. The Balaban J connectivity index is 1.28. The van der Waals surface area contributed by atoms with E-state index in [1.54, 1.807) is 20.8 Å². The number of carbonyl (C=O) groups excluding carboxylic acids is 9. The Bertz CT molecular complexity index is 2500. The number of unbranched alkanes of at least 4 members (excludes halogenated alkanes) is 30. The third-order valence-electron chi connectivity index (χ3n) is 24.9. The summed E-state index contributed by atoms with van der Waals surface area (Å²) in [5.41, 5.74) is 5.84. The van der Waals surface area contributed by atoms with Crippen LogP contribution in [0.2, 0.25) is 0 Å². The van der Waals surface area contributed by atoms with Gasteiger partial charge >= 0.3 is 17.9 Å². The third-order valence-corrected chi connectivity index (χ3v) is 24.9. The van der Waals surface area contributed by atoms with Gasteiger partial charge in [0.2, 0.25) is 23.6 Å². The summed E-state index contributed by atoms with van der Waals surface area (Å²) in [6.45, 7) is 26.6. The quantitative estimate of drug-likeness (QED) is 0.0215. The van der Waals surface area contributed by atoms with E-state index in [4.69, 9.17) is 48.4 Å². The Morgan fingerprint density at radius 3 is 0.816 bits per heavy atom. The van der Waals surface area contributed by atoms with Crippen molar-refractivity contribution in [2.24, 2.45) is 59.0 Å². The lowest BCUT2D eigenvalue weighted by molar-refractivity contribution is -0.146. The molecule has 23 heteroatoms. The van der Waals surface area contributed by atoms with Crippen LogP contribution in [0.4, 0.5) is 0 Å². The summed E-state index contributed by atoms with van der Waals surface area (Å²) in [5, 5.41) is 12.4. The Labute approximate surface area is 690 Å². The maximum atomic E-state index is 12.9. The first-order valence-electron chi connectivity index (χ1n) is 45.6. The molecule has 4 amide bonds. The highest BCUT2D eigenvalue weighted by Crippen LogP contribution is 2.40. The molecule has 0 spiro atoms. The molecule has 0 saturated heterocycles. The summed E-state index contributed by atoms with van der Waals surface area (Å²) in [5.74, 6) is 1.40. The van der Waals surface area contributed by atoms with Gasteiger partial charge in [-0.25, -0.2) is 0 Å². The van der Waals surface area contributed by atoms with Gasteiger partial charge in [-0.15, -0.1) is 0 Å². The standard InChI is InChI=1S/C91H165N5O18/c1-67-70(4)88(94-73(7)97)84(58-79(67)61-112-76(10)100)109-52-43-37-31-25-19-13-16-22-28-34-40-46-82(103)48-55-106-64-91(92,65-107-56-49-83(104)47-41-35-29-23-17-14-20-26-32-38-44-53-110-85-59-80(62-113-77(11)101)68(2)71(5)89(85)95-74(8)98)66-108-57-50-87(105)93-51-42-36-30-24-18-15-21-27-33-39-45-54-111-86-60-81(63-114-78(12)102)69(3)72(6)90(86)96-75(9)99/h67-72,79-81,84-86,88-90H,13-66,92H2,1-12H3,(H,93,105)(H,94,97)(H,95,98)(H,96,99). The van der Waals surface area contributed by atoms with Crippen LogP contribution in [0.15, 0.2) is 0 Å². The Morgan fingerprint density at radius 1 is 0.307 bits per heavy atom. The average molecular weight is 1620 g/mol. The number of Topliss-reactive ketones (excluding diaryl/α,β-unsaturated/α-hetero) is 2. The van der Waals surface area contributed by atoms with Crippen LogP contribution in [0.5, 0.6) is 0 Å². The molecule has 15 atom stereocenters. The van der Waals surface area contributed by atoms with E-state index in [0.29, 0.717) is 89.6 Å². The number of ketones is 2. The molecule has 23 nitrogen and oxygen atoms in total. The van der Waals surface area contributed by atoms with E-state index in [0.717, 1.165) is 116 Å². The second-order valence-electron chi connectivity index (χ2n) is 34.8. The smallest absolute Gasteiger partial charge is 0.302 e. The molecule has 662 valence electrons. The molecule has 0 bridgehead atoms. The van der Waals surface area contributed by atoms with Crippen LogP contribution >= 0.6 is 0 Å². The van der Waals surface area contributed by atoms with E-state index in [1.807, 2.05) is 0 Å². The Morgan fingerprint density at radius 2 is 0.553 bits per heavy atom. The third kappa shape index (κ3) is 48.4. The number of nitrogens with two attached hydrogens (primary N) is 1. The normalized spacial score (nSPS) is 24.1. The summed E-state index contributed by atoms with van der Waals surface area (Å²) < 4.78 is 53.4. The first kappa shape index (κ1) is 104. The van der Waals surface area contributed by atoms with Crippen LogP contribution < -0.4 is 27.0 Å². The summed E-state index contributed by atoms with van der Waals surface area (Å²) in [4.78, 5) is 109. The zero-order valence-corrected chi connectivity index (χ0v) is 73.8. The molecular formula is C91H165N5O18. The first-order valence-corrected chi connectivity index (χ1v) is 45.6. The summed E-state index contributed by atoms with van der Waals surface area (Å²) in [6, 6.07) is -0.163. The zero-order chi connectivity index (χ0) is 83.7. The first-order chi connectivity index (χ1) is 54.7. The molecular weight excluding hydrogens is 1450 g/mol. The molecule has 0 aromatic carbocycles. The minimum Gasteiger partial charge on any atom is -0.466 e. The van der Waals surface area contributed by atoms with Gasteiger partial charge in [-0.05, 0) is 111 Å². The van der Waals surface area contributed by atoms with Crippen LogP contribution in [0.3, 0.4) is 0 Å². The molecule has 0 heterocycles. The monoisotopic (exact) mass is 1620 g/mol. The number of nitrogens with one attached hydrogen (secondary N) is 4. The minimum atomic E-state index is -1.04. The van der Waals surface area contributed by atoms with E-state index >= 15 is 0 Å². The Kier molecular flexibility index (Phi) is 57.6. The molecule has 3 rings (SSSR count). The maximum absolute atomic E-state index is 12.9. The summed E-state index contributed by atoms with van der Waals surface area (Å²) in [6.07, 6.45) is 40.7. The van der Waals surface area contributed by atoms with Crippen molar-refractivity contribution >= 4 is 53.1 Å². The van der Waals surface area contributed by atoms with Gasteiger partial charge in [0.25, 0.3) is 0 Å². The van der Waals surface area contributed by atoms with Crippen molar-refractivity contribution in [2.45, 2.75) is 388 Å². The summed E-state index contributed by atoms with van der Waals surface area (Å²) in [7, 11) is 0. The second kappa shape index (κ2) is 63.4. The SMILES string of the molecule is CC(=O)NC1C(OCCCCCCCCCCCCCNC(=O)CCOCC(N)(COCCC(=O)CCCCCCCCCCCCCOC2CC(COC(C)=O)C(C)C(C)C2NC(C)=O)COCCC(=O)CCCCCCCCCCCCCOC2CC(COC(C)=O)C(C)C(C)C2NC(C)=O)CC(COC(C)=O)C(C)C1C. The largest absolute Gasteiger partial charge is 0.466 e. The minimum absolute atomic E-state index is 0.0502. The number of carbonyl (C=O) groups is 9. The van der Waals surface area contributed by atoms with Gasteiger partial charge in [-0.3, -0.25) is 43.2 Å². The fraction of sp³-hybridized carbons (Fsp3) is 0.901. The van der Waals surface area contributed by atoms with Crippen molar-refractivity contribution < 1.29 is 85.8 Å². The molecule has 3 aliphatic carbocycles. The van der Waals surface area contributed by atoms with Gasteiger partial charge < -0.3 is 69.6 Å². The second-order valence-corrected chi connectivity index (χ2v) is 34.8. The van der Waals surface area contributed by atoms with E-state index in [2.05, 4.69) is 62.8 Å². The van der Waals surface area contributed by atoms with Crippen molar-refractivity contribution in [1.29, 1.82) is 0 Å². The lowest BCUT2D eigenvalue weighted by atomic mass is 9.70. The van der Waals surface area contributed by atoms with Crippen molar-refractivity contribution in [3.05, 3.63) is 0 Å². The number of amides is 4. The lowest BCUT2D eigenvalue weighted by Crippen LogP contribution is -2.55. The van der Waals surface area contributed by atoms with Gasteiger partial charge in [-0.1, -0.05) is 215 Å². The number of hydrogen-bond acceptors (Lipinski definition) is 19. The molecule has 6 N–H and O–H groups in total. The van der Waals surface area contributed by atoms with Crippen LogP contribution in [0, 0.1) is 53.3 Å². The lowest BCUT2D eigenvalue weighted by Gasteiger charge is -2.44. The number of hydrogen-bond donors (Lipinski definition) is 5. The molecule has 3 fully saturated rings. The Hall–Kier alpha value is -4.65. The summed E-state index contributed by atoms with van der Waals surface area (Å²) >= 11 is 0. The van der Waals surface area contributed by atoms with E-state index in [9.17, 15) is 43.2 Å². The highest BCUT2D eigenvalue weighted by atomic mass is 16.5. The predicted molar refractivity (Wildman–Crippen MR) is 449 cm³/mol. The predicted octanol–water partition coefficient (Wildman–Crippen LogP) is 16.0. The molecule has 114 heavy (non-hydrogen) atoms. The topological polar surface area (TPSA) is 311 Å². The van der Waals surface area contributed by atoms with Gasteiger partial charge in [0.1, 0.15) is 11.6 Å². The van der Waals surface area contributed by atoms with Gasteiger partial charge in [0.05, 0.1) is 101 Å². The van der Waals surface area contributed by atoms with Gasteiger partial charge in [-0.2, -0.15) is 0 Å². The number of rotatable bonds is 69. The highest BCUT2D eigenvalue weighted by Gasteiger charge is 2.45. The molecule has 0 aromatic rings. The van der Waals surface area contributed by atoms with Crippen molar-refractivity contribution in [3.8, 4) is 0 Å². The highest BCUT2D eigenvalue weighted by molar-refractivity contribution is 5.79. The molecule has 15 unspecified atom stereocenters. The zero-order valence-electron chi connectivity index (χ0n) is 73.8. The van der Waals surface area contributed by atoms with Crippen molar-refractivity contribution in [3.63, 3.8) is 0 Å². The van der Waals surface area contributed by atoms with Crippen LogP contribution in [0.1, 0.15) is 346 Å². The van der Waals surface area contributed by atoms with Crippen molar-refractivity contribution in [2.75, 3.05) is 85.8 Å². The van der Waals surface area contributed by atoms with Crippen LogP contribution in [-0.2, 0) is 85.8 Å². The van der Waals surface area contributed by atoms with Crippen LogP contribution in [-0.4, -0.2) is 181 Å². The fourth-order valence-electron chi connectivity index (χ4n) is 17.1. The molecule has 3 aliphatic rings.